The number of nitriles is 1. The van der Waals surface area contributed by atoms with Crippen LogP contribution in [0.25, 0.3) is 0 Å². The lowest BCUT2D eigenvalue weighted by atomic mass is 10.1. The molecule has 134 valence electrons. The van der Waals surface area contributed by atoms with Crippen LogP contribution in [0.4, 0.5) is 16.4 Å². The van der Waals surface area contributed by atoms with Gasteiger partial charge in [-0.3, -0.25) is 0 Å². The van der Waals surface area contributed by atoms with Gasteiger partial charge in [0.15, 0.2) is 0 Å². The molecule has 3 rings (SSSR count). The predicted octanol–water partition coefficient (Wildman–Crippen LogP) is 2.91. The van der Waals surface area contributed by atoms with Gasteiger partial charge in [0.25, 0.3) is 0 Å². The molecule has 0 radical (unpaired) electrons. The van der Waals surface area contributed by atoms with Crippen LogP contribution in [0.1, 0.15) is 30.7 Å². The lowest BCUT2D eigenvalue weighted by molar-refractivity contribution is 0.151. The van der Waals surface area contributed by atoms with Gasteiger partial charge in [-0.05, 0) is 32.0 Å². The number of nitrogens with one attached hydrogen (secondary N) is 1. The van der Waals surface area contributed by atoms with E-state index in [2.05, 4.69) is 21.4 Å². The van der Waals surface area contributed by atoms with E-state index in [4.69, 9.17) is 5.26 Å². The van der Waals surface area contributed by atoms with Crippen molar-refractivity contribution in [1.29, 1.82) is 5.26 Å². The van der Waals surface area contributed by atoms with Crippen LogP contribution in [-0.2, 0) is 13.0 Å². The zero-order chi connectivity index (χ0) is 18.5. The van der Waals surface area contributed by atoms with Crippen LogP contribution in [0.3, 0.4) is 0 Å². The van der Waals surface area contributed by atoms with Crippen molar-refractivity contribution in [3.8, 4) is 6.07 Å². The summed E-state index contributed by atoms with van der Waals surface area (Å²) in [4.78, 5) is 25.1. The topological polar surface area (TPSA) is 85.2 Å². The number of aromatic nitrogens is 2. The quantitative estimate of drug-likeness (QED) is 0.916. The first-order valence-corrected chi connectivity index (χ1v) is 8.80. The summed E-state index contributed by atoms with van der Waals surface area (Å²) in [6.07, 6.45) is 2.48. The maximum absolute atomic E-state index is 12.5. The molecule has 0 saturated carbocycles. The molecule has 0 atom stereocenters. The number of rotatable bonds is 4. The van der Waals surface area contributed by atoms with Gasteiger partial charge in [0.1, 0.15) is 0 Å². The highest BCUT2D eigenvalue weighted by Crippen LogP contribution is 2.21. The number of amides is 2. The predicted molar refractivity (Wildman–Crippen MR) is 98.9 cm³/mol. The van der Waals surface area contributed by atoms with E-state index in [-0.39, 0.29) is 6.03 Å². The number of carbonyl (C=O) groups excluding carboxylic acids is 1. The SMILES string of the molecule is CCN(CC)C(=O)N1CCc2nc(Nc3cccc(C#N)c3)ncc2C1. The summed E-state index contributed by atoms with van der Waals surface area (Å²) in [7, 11) is 0. The Labute approximate surface area is 153 Å². The number of hydrogen-bond donors (Lipinski definition) is 1. The largest absolute Gasteiger partial charge is 0.325 e. The van der Waals surface area contributed by atoms with Gasteiger partial charge in [-0.2, -0.15) is 5.26 Å². The first-order chi connectivity index (χ1) is 12.6. The summed E-state index contributed by atoms with van der Waals surface area (Å²) < 4.78 is 0. The fraction of sp³-hybridized carbons (Fsp3) is 0.368. The molecule has 1 aromatic carbocycles. The molecule has 2 aromatic rings. The first kappa shape index (κ1) is 17.7. The molecule has 0 bridgehead atoms. The summed E-state index contributed by atoms with van der Waals surface area (Å²) in [5.41, 5.74) is 3.30. The molecule has 1 aromatic heterocycles. The maximum Gasteiger partial charge on any atom is 0.320 e. The zero-order valence-electron chi connectivity index (χ0n) is 15.1. The van der Waals surface area contributed by atoms with Crippen LogP contribution in [0, 0.1) is 11.3 Å². The molecule has 1 aliphatic rings. The van der Waals surface area contributed by atoms with Gasteiger partial charge in [-0.1, -0.05) is 6.07 Å². The van der Waals surface area contributed by atoms with Crippen molar-refractivity contribution in [2.45, 2.75) is 26.8 Å². The second-order valence-corrected chi connectivity index (χ2v) is 6.11. The smallest absolute Gasteiger partial charge is 0.320 e. The molecule has 2 amide bonds. The van der Waals surface area contributed by atoms with Crippen LogP contribution in [-0.4, -0.2) is 45.4 Å². The molecule has 7 heteroatoms. The molecular weight excluding hydrogens is 328 g/mol. The van der Waals surface area contributed by atoms with Crippen molar-refractivity contribution < 1.29 is 4.79 Å². The number of hydrogen-bond acceptors (Lipinski definition) is 5. The standard InChI is InChI=1S/C19H22N6O/c1-3-24(4-2)19(26)25-9-8-17-15(13-25)12-21-18(23-17)22-16-7-5-6-14(10-16)11-20/h5-7,10,12H,3-4,8-9,13H2,1-2H3,(H,21,22,23). The third-order valence-corrected chi connectivity index (χ3v) is 4.49. The molecular formula is C19H22N6O. The van der Waals surface area contributed by atoms with E-state index in [0.29, 0.717) is 44.1 Å². The highest BCUT2D eigenvalue weighted by atomic mass is 16.2. The van der Waals surface area contributed by atoms with E-state index < -0.39 is 0 Å². The van der Waals surface area contributed by atoms with E-state index in [9.17, 15) is 4.79 Å². The number of fused-ring (bicyclic) bond motifs is 1. The molecule has 0 saturated heterocycles. The van der Waals surface area contributed by atoms with E-state index in [1.165, 1.54) is 0 Å². The van der Waals surface area contributed by atoms with E-state index >= 15 is 0 Å². The van der Waals surface area contributed by atoms with Gasteiger partial charge in [0.05, 0.1) is 23.9 Å². The molecule has 2 heterocycles. The van der Waals surface area contributed by atoms with Gasteiger partial charge in [0.2, 0.25) is 5.95 Å². The summed E-state index contributed by atoms with van der Waals surface area (Å²) in [5.74, 6) is 0.502. The fourth-order valence-corrected chi connectivity index (χ4v) is 3.03. The number of benzene rings is 1. The average molecular weight is 350 g/mol. The van der Waals surface area contributed by atoms with E-state index in [0.717, 1.165) is 16.9 Å². The van der Waals surface area contributed by atoms with Crippen molar-refractivity contribution in [1.82, 2.24) is 19.8 Å². The van der Waals surface area contributed by atoms with Crippen molar-refractivity contribution in [3.05, 3.63) is 47.3 Å². The fourth-order valence-electron chi connectivity index (χ4n) is 3.03. The minimum atomic E-state index is 0.0659. The molecule has 0 spiro atoms. The molecule has 1 N–H and O–H groups in total. The van der Waals surface area contributed by atoms with Crippen molar-refractivity contribution in [2.24, 2.45) is 0 Å². The Morgan fingerprint density at radius 1 is 1.38 bits per heavy atom. The minimum Gasteiger partial charge on any atom is -0.325 e. The Kier molecular flexibility index (Phi) is 5.32. The Bertz CT molecular complexity index is 840. The molecule has 0 unspecified atom stereocenters. The Balaban J connectivity index is 1.73. The monoisotopic (exact) mass is 350 g/mol. The highest BCUT2D eigenvalue weighted by Gasteiger charge is 2.24. The van der Waals surface area contributed by atoms with Gasteiger partial charge in [-0.15, -0.1) is 0 Å². The average Bonchev–Trinajstić information content (AvgIpc) is 2.68. The van der Waals surface area contributed by atoms with E-state index in [1.54, 1.807) is 18.3 Å². The molecule has 0 fully saturated rings. The van der Waals surface area contributed by atoms with Crippen LogP contribution in [0.5, 0.6) is 0 Å². The third-order valence-electron chi connectivity index (χ3n) is 4.49. The summed E-state index contributed by atoms with van der Waals surface area (Å²) >= 11 is 0. The summed E-state index contributed by atoms with van der Waals surface area (Å²) in [5, 5.41) is 12.1. The molecule has 0 aliphatic carbocycles. The van der Waals surface area contributed by atoms with Crippen molar-refractivity contribution in [2.75, 3.05) is 25.0 Å². The lowest BCUT2D eigenvalue weighted by Gasteiger charge is -2.32. The Morgan fingerprint density at radius 3 is 2.92 bits per heavy atom. The first-order valence-electron chi connectivity index (χ1n) is 8.80. The number of carbonyl (C=O) groups is 1. The van der Waals surface area contributed by atoms with Crippen molar-refractivity contribution >= 4 is 17.7 Å². The van der Waals surface area contributed by atoms with Gasteiger partial charge >= 0.3 is 6.03 Å². The number of nitrogens with zero attached hydrogens (tertiary/aromatic N) is 5. The van der Waals surface area contributed by atoms with Crippen LogP contribution < -0.4 is 5.32 Å². The number of anilines is 2. The molecule has 26 heavy (non-hydrogen) atoms. The van der Waals surface area contributed by atoms with E-state index in [1.807, 2.05) is 35.8 Å². The second-order valence-electron chi connectivity index (χ2n) is 6.11. The highest BCUT2D eigenvalue weighted by molar-refractivity contribution is 5.74. The summed E-state index contributed by atoms with van der Waals surface area (Å²) in [6.45, 7) is 6.58. The third kappa shape index (κ3) is 3.75. The van der Waals surface area contributed by atoms with Gasteiger partial charge in [-0.25, -0.2) is 14.8 Å². The Hall–Kier alpha value is -3.14. The van der Waals surface area contributed by atoms with Gasteiger partial charge in [0, 0.05) is 43.5 Å². The molecule has 1 aliphatic heterocycles. The van der Waals surface area contributed by atoms with Gasteiger partial charge < -0.3 is 15.1 Å². The normalized spacial score (nSPS) is 12.9. The zero-order valence-corrected chi connectivity index (χ0v) is 15.1. The minimum absolute atomic E-state index is 0.0659. The number of urea groups is 1. The van der Waals surface area contributed by atoms with Crippen LogP contribution in [0.15, 0.2) is 30.5 Å². The van der Waals surface area contributed by atoms with Crippen LogP contribution in [0.2, 0.25) is 0 Å². The maximum atomic E-state index is 12.5. The molecule has 7 nitrogen and oxygen atoms in total. The van der Waals surface area contributed by atoms with Crippen LogP contribution >= 0.6 is 0 Å². The van der Waals surface area contributed by atoms with Crippen molar-refractivity contribution in [3.63, 3.8) is 0 Å². The lowest BCUT2D eigenvalue weighted by Crippen LogP contribution is -2.45. The second kappa shape index (κ2) is 7.83. The Morgan fingerprint density at radius 2 is 2.19 bits per heavy atom. The summed E-state index contributed by atoms with van der Waals surface area (Å²) in [6, 6.07) is 9.37.